The lowest BCUT2D eigenvalue weighted by Gasteiger charge is -2.25. The van der Waals surface area contributed by atoms with Gasteiger partial charge in [-0.3, -0.25) is 14.3 Å². The molecular formula is C22H27N5O2. The highest BCUT2D eigenvalue weighted by atomic mass is 16.2. The summed E-state index contributed by atoms with van der Waals surface area (Å²) in [7, 11) is 0. The van der Waals surface area contributed by atoms with Gasteiger partial charge in [-0.25, -0.2) is 11.4 Å². The van der Waals surface area contributed by atoms with Crippen molar-refractivity contribution in [2.75, 3.05) is 31.1 Å². The lowest BCUT2D eigenvalue weighted by Crippen LogP contribution is -2.37. The van der Waals surface area contributed by atoms with E-state index < -0.39 is 0 Å². The van der Waals surface area contributed by atoms with Gasteiger partial charge < -0.3 is 15.1 Å². The minimum atomic E-state index is -0.293. The molecule has 1 saturated heterocycles. The molecular weight excluding hydrogens is 366 g/mol. The standard InChI is InChI=1S/C22H27N5O2/c1-13-19(26-11-14-3-7-18(17(14)12-26)24-10-9-23-2)8-6-16-20(13)27(15-4-5-15)22(29)25-21(16)28/h6,8,14-15,17-18,24H,3-5,7,9-12H2,1H3,(H,25,28,29). The summed E-state index contributed by atoms with van der Waals surface area (Å²) in [5.74, 6) is 1.26. The Morgan fingerprint density at radius 2 is 2.03 bits per heavy atom. The Bertz CT molecular complexity index is 1110. The van der Waals surface area contributed by atoms with E-state index in [9.17, 15) is 9.59 Å². The second-order valence-electron chi connectivity index (χ2n) is 8.81. The predicted octanol–water partition coefficient (Wildman–Crippen LogP) is 2.06. The van der Waals surface area contributed by atoms with Gasteiger partial charge in [-0.05, 0) is 62.1 Å². The molecule has 2 aliphatic carbocycles. The van der Waals surface area contributed by atoms with Gasteiger partial charge in [-0.2, -0.15) is 0 Å². The minimum absolute atomic E-state index is 0.213. The minimum Gasteiger partial charge on any atom is -0.371 e. The summed E-state index contributed by atoms with van der Waals surface area (Å²) in [4.78, 5) is 33.3. The first kappa shape index (κ1) is 18.4. The quantitative estimate of drug-likeness (QED) is 0.602. The highest BCUT2D eigenvalue weighted by Crippen LogP contribution is 2.42. The number of anilines is 1. The number of H-pyrrole nitrogens is 1. The smallest absolute Gasteiger partial charge is 0.329 e. The van der Waals surface area contributed by atoms with Gasteiger partial charge >= 0.3 is 5.69 Å². The first-order chi connectivity index (χ1) is 14.1. The van der Waals surface area contributed by atoms with Crippen molar-refractivity contribution in [2.24, 2.45) is 11.8 Å². The largest absolute Gasteiger partial charge is 0.371 e. The molecule has 2 aromatic rings. The van der Waals surface area contributed by atoms with E-state index in [0.717, 1.165) is 49.2 Å². The molecule has 2 heterocycles. The zero-order chi connectivity index (χ0) is 20.1. The fourth-order valence-corrected chi connectivity index (χ4v) is 5.55. The number of nitrogens with zero attached hydrogens (tertiary/aromatic N) is 3. The van der Waals surface area contributed by atoms with Crippen LogP contribution < -0.4 is 21.5 Å². The molecule has 2 N–H and O–H groups in total. The van der Waals surface area contributed by atoms with Gasteiger partial charge in [0.05, 0.1) is 17.4 Å². The van der Waals surface area contributed by atoms with E-state index in [4.69, 9.17) is 6.57 Å². The summed E-state index contributed by atoms with van der Waals surface area (Å²) in [6.07, 6.45) is 4.40. The monoisotopic (exact) mass is 393 g/mol. The van der Waals surface area contributed by atoms with Crippen molar-refractivity contribution >= 4 is 16.6 Å². The molecule has 5 rings (SSSR count). The number of hydrogen-bond donors (Lipinski definition) is 2. The molecule has 2 saturated carbocycles. The van der Waals surface area contributed by atoms with Crippen LogP contribution in [0.25, 0.3) is 15.7 Å². The molecule has 0 spiro atoms. The van der Waals surface area contributed by atoms with Crippen LogP contribution in [0, 0.1) is 25.3 Å². The Balaban J connectivity index is 1.48. The lowest BCUT2D eigenvalue weighted by atomic mass is 9.98. The van der Waals surface area contributed by atoms with Crippen LogP contribution in [0.2, 0.25) is 0 Å². The molecule has 152 valence electrons. The number of hydrogen-bond acceptors (Lipinski definition) is 4. The second-order valence-corrected chi connectivity index (χ2v) is 8.81. The fraction of sp³-hybridized carbons (Fsp3) is 0.591. The highest BCUT2D eigenvalue weighted by molar-refractivity contribution is 5.87. The van der Waals surface area contributed by atoms with Crippen LogP contribution in [0.15, 0.2) is 21.7 Å². The predicted molar refractivity (Wildman–Crippen MR) is 114 cm³/mol. The summed E-state index contributed by atoms with van der Waals surface area (Å²) in [5.41, 5.74) is 2.41. The van der Waals surface area contributed by atoms with Crippen molar-refractivity contribution < 1.29 is 0 Å². The Kier molecular flexibility index (Phi) is 4.47. The van der Waals surface area contributed by atoms with E-state index in [2.05, 4.69) is 33.0 Å². The number of aromatic amines is 1. The zero-order valence-electron chi connectivity index (χ0n) is 16.8. The van der Waals surface area contributed by atoms with Gasteiger partial charge in [0.25, 0.3) is 5.56 Å². The molecule has 1 aliphatic heterocycles. The van der Waals surface area contributed by atoms with Gasteiger partial charge in [0, 0.05) is 30.9 Å². The number of fused-ring (bicyclic) bond motifs is 2. The Labute approximate surface area is 169 Å². The number of rotatable bonds is 5. The molecule has 3 aliphatic rings. The van der Waals surface area contributed by atoms with Crippen LogP contribution in [0.4, 0.5) is 5.69 Å². The Morgan fingerprint density at radius 1 is 1.21 bits per heavy atom. The topological polar surface area (TPSA) is 74.5 Å². The number of benzene rings is 1. The van der Waals surface area contributed by atoms with E-state index in [1.165, 1.54) is 12.8 Å². The number of aromatic nitrogens is 2. The molecule has 29 heavy (non-hydrogen) atoms. The van der Waals surface area contributed by atoms with Crippen LogP contribution in [-0.4, -0.2) is 41.8 Å². The summed E-state index contributed by atoms with van der Waals surface area (Å²) < 4.78 is 1.81. The summed E-state index contributed by atoms with van der Waals surface area (Å²) in [5, 5.41) is 4.19. The molecule has 1 aromatic carbocycles. The Hall–Kier alpha value is -2.59. The maximum atomic E-state index is 12.5. The van der Waals surface area contributed by atoms with E-state index >= 15 is 0 Å². The van der Waals surface area contributed by atoms with Crippen LogP contribution in [0.3, 0.4) is 0 Å². The van der Waals surface area contributed by atoms with Crippen molar-refractivity contribution in [3.8, 4) is 0 Å². The molecule has 7 heteroatoms. The molecule has 3 atom stereocenters. The SMILES string of the molecule is [C-]#[N+]CCNC1CCC2CN(c3ccc4c(=O)[nH]c(=O)n(C5CC5)c4c3C)CC21. The zero-order valence-corrected chi connectivity index (χ0v) is 16.8. The molecule has 0 amide bonds. The summed E-state index contributed by atoms with van der Waals surface area (Å²) in [6, 6.07) is 4.63. The van der Waals surface area contributed by atoms with Crippen molar-refractivity contribution in [1.82, 2.24) is 14.9 Å². The van der Waals surface area contributed by atoms with Gasteiger partial charge in [-0.15, -0.1) is 0 Å². The maximum absolute atomic E-state index is 12.5. The third kappa shape index (κ3) is 3.06. The average Bonchev–Trinajstić information content (AvgIpc) is 3.33. The Morgan fingerprint density at radius 3 is 2.79 bits per heavy atom. The normalized spacial score (nSPS) is 26.1. The average molecular weight is 393 g/mol. The third-order valence-electron chi connectivity index (χ3n) is 7.07. The van der Waals surface area contributed by atoms with E-state index in [1.807, 2.05) is 6.07 Å². The number of aryl methyl sites for hydroxylation is 1. The van der Waals surface area contributed by atoms with E-state index in [-0.39, 0.29) is 17.3 Å². The molecule has 3 fully saturated rings. The van der Waals surface area contributed by atoms with Crippen LogP contribution in [0.5, 0.6) is 0 Å². The maximum Gasteiger partial charge on any atom is 0.329 e. The van der Waals surface area contributed by atoms with Crippen LogP contribution >= 0.6 is 0 Å². The van der Waals surface area contributed by atoms with Crippen molar-refractivity contribution in [2.45, 2.75) is 44.7 Å². The van der Waals surface area contributed by atoms with Crippen molar-refractivity contribution in [3.05, 3.63) is 50.0 Å². The highest BCUT2D eigenvalue weighted by Gasteiger charge is 2.43. The lowest BCUT2D eigenvalue weighted by molar-refractivity contribution is 0.396. The molecule has 7 nitrogen and oxygen atoms in total. The van der Waals surface area contributed by atoms with Gasteiger partial charge in [-0.1, -0.05) is 0 Å². The van der Waals surface area contributed by atoms with Crippen molar-refractivity contribution in [1.29, 1.82) is 0 Å². The van der Waals surface area contributed by atoms with Crippen LogP contribution in [0.1, 0.15) is 37.3 Å². The fourth-order valence-electron chi connectivity index (χ4n) is 5.55. The third-order valence-corrected chi connectivity index (χ3v) is 7.07. The van der Waals surface area contributed by atoms with E-state index in [0.29, 0.717) is 29.8 Å². The summed E-state index contributed by atoms with van der Waals surface area (Å²) >= 11 is 0. The molecule has 1 aromatic heterocycles. The van der Waals surface area contributed by atoms with Crippen molar-refractivity contribution in [3.63, 3.8) is 0 Å². The molecule has 0 radical (unpaired) electrons. The van der Waals surface area contributed by atoms with E-state index in [1.54, 1.807) is 4.57 Å². The molecule has 0 bridgehead atoms. The summed E-state index contributed by atoms with van der Waals surface area (Å²) in [6.45, 7) is 12.3. The van der Waals surface area contributed by atoms with Gasteiger partial charge in [0.2, 0.25) is 6.54 Å². The van der Waals surface area contributed by atoms with Crippen LogP contribution in [-0.2, 0) is 0 Å². The first-order valence-corrected chi connectivity index (χ1v) is 10.7. The second kappa shape index (κ2) is 7.03. The molecule has 3 unspecified atom stereocenters. The number of nitrogens with one attached hydrogen (secondary N) is 2. The first-order valence-electron chi connectivity index (χ1n) is 10.7. The van der Waals surface area contributed by atoms with Gasteiger partial charge in [0.1, 0.15) is 0 Å². The van der Waals surface area contributed by atoms with Gasteiger partial charge in [0.15, 0.2) is 0 Å².